The number of hydrogen-bond donors (Lipinski definition) is 1. The Kier molecular flexibility index (Phi) is 2.78. The second-order valence-corrected chi connectivity index (χ2v) is 4.25. The molecule has 0 aliphatic heterocycles. The van der Waals surface area contributed by atoms with Gasteiger partial charge in [0.15, 0.2) is 0 Å². The van der Waals surface area contributed by atoms with E-state index in [1.54, 1.807) is 6.07 Å². The van der Waals surface area contributed by atoms with Crippen LogP contribution in [0.15, 0.2) is 18.3 Å². The Balaban J connectivity index is 2.63. The van der Waals surface area contributed by atoms with Gasteiger partial charge in [-0.05, 0) is 32.4 Å². The summed E-state index contributed by atoms with van der Waals surface area (Å²) in [5, 5.41) is 10.8. The lowest BCUT2D eigenvalue weighted by molar-refractivity contribution is -0.383. The maximum Gasteiger partial charge on any atom is 0.292 e. The molecule has 2 N–H and O–H groups in total. The van der Waals surface area contributed by atoms with Gasteiger partial charge in [-0.2, -0.15) is 0 Å². The monoisotopic (exact) mass is 246 g/mol. The topological polar surface area (TPSA) is 87.0 Å². The first-order valence-corrected chi connectivity index (χ1v) is 5.47. The molecule has 94 valence electrons. The molecule has 0 bridgehead atoms. The van der Waals surface area contributed by atoms with Crippen LogP contribution in [-0.4, -0.2) is 14.5 Å². The lowest BCUT2D eigenvalue weighted by Gasteiger charge is -2.10. The highest BCUT2D eigenvalue weighted by molar-refractivity contribution is 5.65. The van der Waals surface area contributed by atoms with Gasteiger partial charge in [0.1, 0.15) is 11.5 Å². The molecule has 0 amide bonds. The van der Waals surface area contributed by atoms with Crippen LogP contribution in [0.5, 0.6) is 0 Å². The van der Waals surface area contributed by atoms with Crippen LogP contribution < -0.4 is 5.73 Å². The third kappa shape index (κ3) is 1.92. The first-order valence-electron chi connectivity index (χ1n) is 5.47. The average molecular weight is 246 g/mol. The number of rotatable bonds is 2. The van der Waals surface area contributed by atoms with Crippen molar-refractivity contribution in [1.82, 2.24) is 9.55 Å². The zero-order valence-electron chi connectivity index (χ0n) is 10.5. The maximum atomic E-state index is 10.8. The van der Waals surface area contributed by atoms with Gasteiger partial charge < -0.3 is 10.3 Å². The summed E-state index contributed by atoms with van der Waals surface area (Å²) in [4.78, 5) is 14.6. The summed E-state index contributed by atoms with van der Waals surface area (Å²) in [7, 11) is 0. The molecule has 0 fully saturated rings. The quantitative estimate of drug-likeness (QED) is 0.500. The second-order valence-electron chi connectivity index (χ2n) is 4.25. The Morgan fingerprint density at radius 3 is 2.50 bits per heavy atom. The molecule has 0 saturated heterocycles. The number of hydrogen-bond acceptors (Lipinski definition) is 4. The molecule has 0 atom stereocenters. The molecule has 2 aromatic rings. The van der Waals surface area contributed by atoms with Gasteiger partial charge >= 0.3 is 0 Å². The van der Waals surface area contributed by atoms with E-state index in [2.05, 4.69) is 4.98 Å². The number of nitro groups is 1. The highest BCUT2D eigenvalue weighted by atomic mass is 16.6. The van der Waals surface area contributed by atoms with Crippen molar-refractivity contribution in [3.05, 3.63) is 45.5 Å². The molecule has 0 unspecified atom stereocenters. The van der Waals surface area contributed by atoms with Crippen LogP contribution in [0.4, 0.5) is 11.4 Å². The largest absolute Gasteiger partial charge is 0.393 e. The van der Waals surface area contributed by atoms with Crippen molar-refractivity contribution in [2.45, 2.75) is 20.8 Å². The minimum Gasteiger partial charge on any atom is -0.393 e. The summed E-state index contributed by atoms with van der Waals surface area (Å²) >= 11 is 0. The van der Waals surface area contributed by atoms with Gasteiger partial charge in [0.2, 0.25) is 0 Å². The molecule has 6 nitrogen and oxygen atoms in total. The van der Waals surface area contributed by atoms with Gasteiger partial charge in [0.05, 0.1) is 16.3 Å². The summed E-state index contributed by atoms with van der Waals surface area (Å²) in [5.41, 5.74) is 8.30. The van der Waals surface area contributed by atoms with Crippen molar-refractivity contribution >= 4 is 11.4 Å². The fourth-order valence-electron chi connectivity index (χ4n) is 1.98. The number of nitro benzene ring substituents is 1. The van der Waals surface area contributed by atoms with Gasteiger partial charge in [0, 0.05) is 12.3 Å². The van der Waals surface area contributed by atoms with Crippen molar-refractivity contribution in [2.75, 3.05) is 5.73 Å². The molecule has 6 heteroatoms. The summed E-state index contributed by atoms with van der Waals surface area (Å²) in [6.45, 7) is 5.59. The van der Waals surface area contributed by atoms with Crippen LogP contribution in [0.3, 0.4) is 0 Å². The van der Waals surface area contributed by atoms with Gasteiger partial charge in [-0.25, -0.2) is 4.98 Å². The third-order valence-electron chi connectivity index (χ3n) is 2.80. The van der Waals surface area contributed by atoms with E-state index in [1.807, 2.05) is 31.5 Å². The molecule has 0 aliphatic carbocycles. The number of aromatic nitrogens is 2. The minimum atomic E-state index is -0.474. The number of nitrogens with zero attached hydrogens (tertiary/aromatic N) is 3. The second kappa shape index (κ2) is 4.14. The predicted octanol–water partition coefficient (Wildman–Crippen LogP) is 2.29. The smallest absolute Gasteiger partial charge is 0.292 e. The SMILES string of the molecule is Cc1cn(-c2cc(N)c([N+](=O)[O-])cc2C)c(C)n1. The van der Waals surface area contributed by atoms with E-state index in [9.17, 15) is 10.1 Å². The van der Waals surface area contributed by atoms with Gasteiger partial charge in [0.25, 0.3) is 5.69 Å². The molecule has 1 heterocycles. The maximum absolute atomic E-state index is 10.8. The average Bonchev–Trinajstić information content (AvgIpc) is 2.60. The van der Waals surface area contributed by atoms with E-state index in [4.69, 9.17) is 5.73 Å². The van der Waals surface area contributed by atoms with Gasteiger partial charge in [-0.15, -0.1) is 0 Å². The fraction of sp³-hybridized carbons (Fsp3) is 0.250. The molecule has 0 saturated carbocycles. The molecular formula is C12H14N4O2. The van der Waals surface area contributed by atoms with Crippen molar-refractivity contribution in [3.63, 3.8) is 0 Å². The van der Waals surface area contributed by atoms with Gasteiger partial charge in [-0.1, -0.05) is 0 Å². The number of nitrogens with two attached hydrogens (primary N) is 1. The first kappa shape index (κ1) is 12.1. The first-order chi connectivity index (χ1) is 8.40. The van der Waals surface area contributed by atoms with E-state index in [1.165, 1.54) is 6.07 Å². The molecule has 1 aromatic carbocycles. The molecule has 2 rings (SSSR count). The number of nitrogen functional groups attached to an aromatic ring is 1. The Morgan fingerprint density at radius 2 is 2.00 bits per heavy atom. The van der Waals surface area contributed by atoms with E-state index < -0.39 is 4.92 Å². The van der Waals surface area contributed by atoms with Crippen molar-refractivity contribution in [3.8, 4) is 5.69 Å². The Bertz CT molecular complexity index is 631. The summed E-state index contributed by atoms with van der Waals surface area (Å²) in [6.07, 6.45) is 1.88. The molecular weight excluding hydrogens is 232 g/mol. The minimum absolute atomic E-state index is 0.0641. The fourth-order valence-corrected chi connectivity index (χ4v) is 1.98. The van der Waals surface area contributed by atoms with Crippen molar-refractivity contribution in [2.24, 2.45) is 0 Å². The van der Waals surface area contributed by atoms with E-state index in [0.717, 1.165) is 22.8 Å². The Labute approximate surface area is 104 Å². The van der Waals surface area contributed by atoms with Crippen LogP contribution in [0, 0.1) is 30.9 Å². The zero-order chi connectivity index (χ0) is 13.4. The lowest BCUT2D eigenvalue weighted by atomic mass is 10.1. The molecule has 0 radical (unpaired) electrons. The highest BCUT2D eigenvalue weighted by Crippen LogP contribution is 2.28. The number of anilines is 1. The van der Waals surface area contributed by atoms with Crippen LogP contribution in [-0.2, 0) is 0 Å². The summed E-state index contributed by atoms with van der Waals surface area (Å²) in [6, 6.07) is 3.10. The van der Waals surface area contributed by atoms with Crippen molar-refractivity contribution < 1.29 is 4.92 Å². The summed E-state index contributed by atoms with van der Waals surface area (Å²) < 4.78 is 1.88. The van der Waals surface area contributed by atoms with E-state index in [-0.39, 0.29) is 11.4 Å². The number of benzene rings is 1. The molecule has 1 aromatic heterocycles. The van der Waals surface area contributed by atoms with E-state index >= 15 is 0 Å². The van der Waals surface area contributed by atoms with Crippen molar-refractivity contribution in [1.29, 1.82) is 0 Å². The van der Waals surface area contributed by atoms with Crippen LogP contribution in [0.25, 0.3) is 5.69 Å². The number of aryl methyl sites for hydroxylation is 3. The Hall–Kier alpha value is -2.37. The number of imidazole rings is 1. The zero-order valence-corrected chi connectivity index (χ0v) is 10.5. The van der Waals surface area contributed by atoms with Crippen LogP contribution in [0.2, 0.25) is 0 Å². The predicted molar refractivity (Wildman–Crippen MR) is 68.8 cm³/mol. The lowest BCUT2D eigenvalue weighted by Crippen LogP contribution is -2.03. The van der Waals surface area contributed by atoms with Crippen LogP contribution >= 0.6 is 0 Å². The van der Waals surface area contributed by atoms with Crippen LogP contribution in [0.1, 0.15) is 17.1 Å². The molecule has 18 heavy (non-hydrogen) atoms. The van der Waals surface area contributed by atoms with E-state index in [0.29, 0.717) is 0 Å². The summed E-state index contributed by atoms with van der Waals surface area (Å²) in [5.74, 6) is 0.823. The highest BCUT2D eigenvalue weighted by Gasteiger charge is 2.16. The third-order valence-corrected chi connectivity index (χ3v) is 2.80. The normalized spacial score (nSPS) is 10.6. The van der Waals surface area contributed by atoms with Gasteiger partial charge in [-0.3, -0.25) is 10.1 Å². The Morgan fingerprint density at radius 1 is 1.33 bits per heavy atom. The standard InChI is InChI=1S/C12H14N4O2/c1-7-4-12(16(17)18)10(13)5-11(7)15-6-8(2)14-9(15)3/h4-6H,13H2,1-3H3. The molecule has 0 aliphatic rings. The molecule has 0 spiro atoms.